The first-order chi connectivity index (χ1) is 16.3. The Morgan fingerprint density at radius 3 is 2.88 bits per heavy atom. The van der Waals surface area contributed by atoms with Crippen LogP contribution in [0.1, 0.15) is 31.9 Å². The number of carbonyl (C=O) groups excluding carboxylic acids is 1. The van der Waals surface area contributed by atoms with Crippen LogP contribution in [0.3, 0.4) is 0 Å². The number of benzene rings is 1. The summed E-state index contributed by atoms with van der Waals surface area (Å²) >= 11 is 6.33. The number of pyridine rings is 1. The molecule has 1 N–H and O–H groups in total. The highest BCUT2D eigenvalue weighted by molar-refractivity contribution is 7.89. The smallest absolute Gasteiger partial charge is 0.245 e. The maximum atomic E-state index is 14.0. The number of hydrogen-bond acceptors (Lipinski definition) is 6. The summed E-state index contributed by atoms with van der Waals surface area (Å²) in [5.74, 6) is -0.490. The molecule has 3 bridgehead atoms. The third-order valence-corrected chi connectivity index (χ3v) is 9.18. The number of hydrogen-bond donors (Lipinski definition) is 1. The number of piperidine rings is 1. The van der Waals surface area contributed by atoms with Gasteiger partial charge in [0.2, 0.25) is 15.9 Å². The highest BCUT2D eigenvalue weighted by Crippen LogP contribution is 2.54. The van der Waals surface area contributed by atoms with Crippen molar-refractivity contribution in [2.75, 3.05) is 11.9 Å². The molecule has 34 heavy (non-hydrogen) atoms. The lowest BCUT2D eigenvalue weighted by Crippen LogP contribution is -2.58. The quantitative estimate of drug-likeness (QED) is 0.607. The second-order valence-electron chi connectivity index (χ2n) is 9.03. The summed E-state index contributed by atoms with van der Waals surface area (Å²) < 4.78 is 36.2. The van der Waals surface area contributed by atoms with Gasteiger partial charge in [0.1, 0.15) is 12.0 Å². The average Bonchev–Trinajstić information content (AvgIpc) is 2.99. The number of anilines is 1. The Morgan fingerprint density at radius 2 is 2.21 bits per heavy atom. The number of halogens is 1. The van der Waals surface area contributed by atoms with E-state index in [1.165, 1.54) is 25.1 Å². The number of amides is 1. The molecule has 3 saturated heterocycles. The van der Waals surface area contributed by atoms with E-state index in [0.717, 1.165) is 12.1 Å². The summed E-state index contributed by atoms with van der Waals surface area (Å²) in [6.07, 6.45) is 5.37. The van der Waals surface area contributed by atoms with Crippen molar-refractivity contribution in [3.8, 4) is 0 Å². The number of rotatable bonds is 6. The van der Waals surface area contributed by atoms with Gasteiger partial charge >= 0.3 is 0 Å². The Kier molecular flexibility index (Phi) is 6.02. The molecule has 5 rings (SSSR count). The zero-order valence-corrected chi connectivity index (χ0v) is 20.4. The normalized spacial score (nSPS) is 29.1. The molecule has 8 nitrogen and oxygen atoms in total. The lowest BCUT2D eigenvalue weighted by Gasteiger charge is -2.47. The summed E-state index contributed by atoms with van der Waals surface area (Å²) in [5.41, 5.74) is 0.298. The Balaban J connectivity index is 1.53. The largest absolute Gasteiger partial charge is 0.339 e. The van der Waals surface area contributed by atoms with Gasteiger partial charge in [0.05, 0.1) is 27.3 Å². The van der Waals surface area contributed by atoms with Crippen molar-refractivity contribution in [1.29, 1.82) is 0 Å². The molecule has 0 aliphatic carbocycles. The minimum atomic E-state index is -3.95. The molecule has 2 aromatic rings. The Morgan fingerprint density at radius 1 is 1.38 bits per heavy atom. The van der Waals surface area contributed by atoms with E-state index < -0.39 is 15.7 Å². The van der Waals surface area contributed by atoms with Crippen molar-refractivity contribution < 1.29 is 17.9 Å². The van der Waals surface area contributed by atoms with Gasteiger partial charge in [-0.3, -0.25) is 14.7 Å². The zero-order chi connectivity index (χ0) is 24.1. The van der Waals surface area contributed by atoms with Crippen LogP contribution in [0.2, 0.25) is 5.02 Å². The van der Waals surface area contributed by atoms with Gasteiger partial charge in [-0.25, -0.2) is 8.42 Å². The van der Waals surface area contributed by atoms with Crippen LogP contribution < -0.4 is 5.32 Å². The molecule has 180 valence electrons. The van der Waals surface area contributed by atoms with Crippen LogP contribution in [0.15, 0.2) is 60.1 Å². The van der Waals surface area contributed by atoms with Gasteiger partial charge in [0.15, 0.2) is 0 Å². The van der Waals surface area contributed by atoms with Crippen LogP contribution in [-0.4, -0.2) is 53.1 Å². The van der Waals surface area contributed by atoms with Crippen molar-refractivity contribution in [1.82, 2.24) is 14.2 Å². The highest BCUT2D eigenvalue weighted by atomic mass is 35.5. The predicted octanol–water partition coefficient (Wildman–Crippen LogP) is 3.61. The zero-order valence-electron chi connectivity index (χ0n) is 18.9. The molecule has 1 amide bonds. The van der Waals surface area contributed by atoms with E-state index >= 15 is 0 Å². The first-order valence-electron chi connectivity index (χ1n) is 11.3. The fraction of sp³-hybridized carbons (Fsp3) is 0.417. The first kappa shape index (κ1) is 23.4. The van der Waals surface area contributed by atoms with Gasteiger partial charge in [0.25, 0.3) is 0 Å². The van der Waals surface area contributed by atoms with Crippen molar-refractivity contribution in [2.45, 2.75) is 55.6 Å². The van der Waals surface area contributed by atoms with E-state index in [4.69, 9.17) is 16.3 Å². The van der Waals surface area contributed by atoms with E-state index in [2.05, 4.69) is 21.8 Å². The van der Waals surface area contributed by atoms with Crippen molar-refractivity contribution >= 4 is 33.2 Å². The second-order valence-corrected chi connectivity index (χ2v) is 11.3. The van der Waals surface area contributed by atoms with E-state index in [0.29, 0.717) is 31.6 Å². The summed E-state index contributed by atoms with van der Waals surface area (Å²) in [6.45, 7) is 6.59. The molecule has 3 aliphatic rings. The first-order valence-corrected chi connectivity index (χ1v) is 13.1. The molecule has 1 spiro atoms. The van der Waals surface area contributed by atoms with Gasteiger partial charge in [-0.2, -0.15) is 4.31 Å². The van der Waals surface area contributed by atoms with Crippen LogP contribution in [-0.2, 0) is 26.1 Å². The SMILES string of the molecule is C=C[C@@H]1CN(Cc2ccccn2)C2O[C@]13CCC[C@@H]2N3S(=O)(=O)c1ccc(NC(C)=O)c(Cl)c1. The molecule has 3 fully saturated rings. The molecule has 4 atom stereocenters. The number of fused-ring (bicyclic) bond motifs is 3. The second kappa shape index (κ2) is 8.73. The van der Waals surface area contributed by atoms with Gasteiger partial charge in [-0.05, 0) is 49.6 Å². The van der Waals surface area contributed by atoms with Crippen molar-refractivity contribution in [3.05, 3.63) is 66.0 Å². The third kappa shape index (κ3) is 3.76. The van der Waals surface area contributed by atoms with Gasteiger partial charge < -0.3 is 10.1 Å². The molecule has 0 radical (unpaired) electrons. The number of ether oxygens (including phenoxy) is 1. The summed E-state index contributed by atoms with van der Waals surface area (Å²) in [4.78, 5) is 18.1. The molecular formula is C24H27ClN4O4S. The van der Waals surface area contributed by atoms with Crippen LogP contribution in [0.4, 0.5) is 5.69 Å². The molecule has 1 aromatic heterocycles. The Labute approximate surface area is 204 Å². The van der Waals surface area contributed by atoms with Gasteiger partial charge in [-0.1, -0.05) is 23.7 Å². The molecule has 10 heteroatoms. The summed E-state index contributed by atoms with van der Waals surface area (Å²) in [6, 6.07) is 9.84. The standard InChI is InChI=1S/C24H27ClN4O4S/c1-3-17-14-28(15-18-7-4-5-12-26-18)23-22-8-6-11-24(17,33-23)29(22)34(31,32)19-9-10-21(20(25)13-19)27-16(2)30/h3-5,7,9-10,12-13,17,22-23H,1,6,8,11,14-15H2,2H3,(H,27,30)/t17-,22+,23?,24-/m1/s1. The summed E-state index contributed by atoms with van der Waals surface area (Å²) in [5, 5.41) is 2.78. The molecule has 1 unspecified atom stereocenters. The van der Waals surface area contributed by atoms with Crippen LogP contribution in [0.5, 0.6) is 0 Å². The minimum absolute atomic E-state index is 0.0770. The third-order valence-electron chi connectivity index (χ3n) is 6.92. The number of nitrogens with one attached hydrogen (secondary N) is 1. The van der Waals surface area contributed by atoms with Crippen LogP contribution in [0, 0.1) is 5.92 Å². The minimum Gasteiger partial charge on any atom is -0.339 e. The Bertz CT molecular complexity index is 1220. The summed E-state index contributed by atoms with van der Waals surface area (Å²) in [7, 11) is -3.95. The van der Waals surface area contributed by atoms with E-state index in [9.17, 15) is 13.2 Å². The number of sulfonamides is 1. The highest BCUT2D eigenvalue weighted by Gasteiger charge is 2.66. The predicted molar refractivity (Wildman–Crippen MR) is 128 cm³/mol. The van der Waals surface area contributed by atoms with E-state index in [1.54, 1.807) is 10.5 Å². The number of aromatic nitrogens is 1. The van der Waals surface area contributed by atoms with E-state index in [-0.39, 0.29) is 34.0 Å². The molecule has 4 heterocycles. The van der Waals surface area contributed by atoms with Crippen LogP contribution >= 0.6 is 11.6 Å². The molecular weight excluding hydrogens is 476 g/mol. The lowest BCUT2D eigenvalue weighted by molar-refractivity contribution is -0.193. The fourth-order valence-corrected chi connectivity index (χ4v) is 7.81. The van der Waals surface area contributed by atoms with Gasteiger partial charge in [0, 0.05) is 32.1 Å². The topological polar surface area (TPSA) is 91.8 Å². The molecule has 1 aromatic carbocycles. The average molecular weight is 503 g/mol. The van der Waals surface area contributed by atoms with Crippen LogP contribution in [0.25, 0.3) is 0 Å². The van der Waals surface area contributed by atoms with Crippen molar-refractivity contribution in [3.63, 3.8) is 0 Å². The van der Waals surface area contributed by atoms with Gasteiger partial charge in [-0.15, -0.1) is 6.58 Å². The monoisotopic (exact) mass is 502 g/mol. The lowest BCUT2D eigenvalue weighted by atomic mass is 9.87. The van der Waals surface area contributed by atoms with E-state index in [1.807, 2.05) is 24.3 Å². The maximum Gasteiger partial charge on any atom is 0.245 e. The molecule has 0 saturated carbocycles. The number of nitrogens with zero attached hydrogens (tertiary/aromatic N) is 3. The maximum absolute atomic E-state index is 14.0. The van der Waals surface area contributed by atoms with Crippen molar-refractivity contribution in [2.24, 2.45) is 5.92 Å². The fourth-order valence-electron chi connectivity index (χ4n) is 5.54. The number of carbonyl (C=O) groups is 1. The Hall–Kier alpha value is -2.30. The molecule has 3 aliphatic heterocycles.